The molecule has 0 radical (unpaired) electrons. The molecule has 6 nitrogen and oxygen atoms in total. The van der Waals surface area contributed by atoms with E-state index >= 15 is 0 Å². The molecule has 2 aliphatic rings. The van der Waals surface area contributed by atoms with E-state index in [9.17, 15) is 4.79 Å². The monoisotopic (exact) mass is 334 g/mol. The molecule has 1 N–H and O–H groups in total. The Morgan fingerprint density at radius 3 is 2.71 bits per heavy atom. The predicted molar refractivity (Wildman–Crippen MR) is 91.7 cm³/mol. The molecule has 24 heavy (non-hydrogen) atoms. The Bertz CT molecular complexity index is 523. The first-order chi connectivity index (χ1) is 11.8. The van der Waals surface area contributed by atoms with Gasteiger partial charge in [-0.2, -0.15) is 0 Å². The molecule has 134 valence electrons. The average molecular weight is 334 g/mol. The number of nitrogens with zero attached hydrogens (tertiary/aromatic N) is 4. The second-order valence-corrected chi connectivity index (χ2v) is 7.35. The van der Waals surface area contributed by atoms with Gasteiger partial charge in [-0.3, -0.25) is 4.79 Å². The zero-order chi connectivity index (χ0) is 16.8. The van der Waals surface area contributed by atoms with Crippen LogP contribution in [0.1, 0.15) is 80.7 Å². The van der Waals surface area contributed by atoms with Crippen LogP contribution in [0.3, 0.4) is 0 Å². The van der Waals surface area contributed by atoms with E-state index in [1.165, 1.54) is 25.7 Å². The largest absolute Gasteiger partial charge is 0.396 e. The quantitative estimate of drug-likeness (QED) is 0.841. The van der Waals surface area contributed by atoms with Crippen LogP contribution in [-0.2, 0) is 0 Å². The van der Waals surface area contributed by atoms with Gasteiger partial charge < -0.3 is 10.0 Å². The van der Waals surface area contributed by atoms with Gasteiger partial charge in [0.25, 0.3) is 5.91 Å². The Morgan fingerprint density at radius 2 is 1.96 bits per heavy atom. The maximum atomic E-state index is 12.7. The van der Waals surface area contributed by atoms with Gasteiger partial charge in [-0.25, -0.2) is 4.68 Å². The van der Waals surface area contributed by atoms with Crippen molar-refractivity contribution in [3.63, 3.8) is 0 Å². The smallest absolute Gasteiger partial charge is 0.276 e. The van der Waals surface area contributed by atoms with Crippen molar-refractivity contribution >= 4 is 5.91 Å². The molecule has 0 spiro atoms. The molecule has 1 atom stereocenters. The topological polar surface area (TPSA) is 71.2 Å². The van der Waals surface area contributed by atoms with Gasteiger partial charge in [0.05, 0.1) is 12.2 Å². The summed E-state index contributed by atoms with van der Waals surface area (Å²) >= 11 is 0. The van der Waals surface area contributed by atoms with Crippen LogP contribution in [0.25, 0.3) is 0 Å². The second kappa shape index (κ2) is 8.60. The third kappa shape index (κ3) is 4.35. The van der Waals surface area contributed by atoms with Crippen LogP contribution in [-0.4, -0.2) is 50.6 Å². The van der Waals surface area contributed by atoms with Crippen LogP contribution < -0.4 is 0 Å². The molecule has 0 unspecified atom stereocenters. The Morgan fingerprint density at radius 1 is 1.17 bits per heavy atom. The van der Waals surface area contributed by atoms with Crippen molar-refractivity contribution < 1.29 is 9.90 Å². The van der Waals surface area contributed by atoms with Crippen molar-refractivity contribution in [2.45, 2.75) is 70.3 Å². The lowest BCUT2D eigenvalue weighted by atomic mass is 9.93. The number of aromatic nitrogens is 3. The number of amides is 1. The van der Waals surface area contributed by atoms with E-state index in [2.05, 4.69) is 10.3 Å². The fraction of sp³-hybridized carbons (Fsp3) is 0.833. The first-order valence-corrected chi connectivity index (χ1v) is 9.60. The number of piperidine rings is 1. The van der Waals surface area contributed by atoms with Gasteiger partial charge in [0.1, 0.15) is 0 Å². The molecule has 1 aliphatic heterocycles. The first-order valence-electron chi connectivity index (χ1n) is 9.60. The van der Waals surface area contributed by atoms with E-state index in [1.807, 2.05) is 15.8 Å². The Balaban J connectivity index is 1.60. The highest BCUT2D eigenvalue weighted by molar-refractivity contribution is 5.92. The molecule has 1 aromatic rings. The Kier molecular flexibility index (Phi) is 6.24. The van der Waals surface area contributed by atoms with Crippen LogP contribution >= 0.6 is 0 Å². The summed E-state index contributed by atoms with van der Waals surface area (Å²) in [5, 5.41) is 17.4. The Hall–Kier alpha value is -1.43. The van der Waals surface area contributed by atoms with Crippen LogP contribution in [0.15, 0.2) is 6.20 Å². The molecular weight excluding hydrogens is 304 g/mol. The van der Waals surface area contributed by atoms with Gasteiger partial charge in [0.2, 0.25) is 0 Å². The molecule has 1 saturated heterocycles. The molecule has 2 fully saturated rings. The first kappa shape index (κ1) is 17.4. The highest BCUT2D eigenvalue weighted by Crippen LogP contribution is 2.27. The molecule has 0 aromatic carbocycles. The van der Waals surface area contributed by atoms with E-state index in [1.54, 1.807) is 0 Å². The molecule has 0 bridgehead atoms. The van der Waals surface area contributed by atoms with E-state index in [4.69, 9.17) is 5.11 Å². The predicted octanol–water partition coefficient (Wildman–Crippen LogP) is 2.80. The summed E-state index contributed by atoms with van der Waals surface area (Å²) < 4.78 is 1.92. The number of carbonyl (C=O) groups excluding carboxylic acids is 1. The molecule has 1 amide bonds. The number of rotatable bonds is 5. The van der Waals surface area contributed by atoms with Crippen LogP contribution in [0.4, 0.5) is 0 Å². The van der Waals surface area contributed by atoms with Gasteiger partial charge in [-0.1, -0.05) is 30.9 Å². The highest BCUT2D eigenvalue weighted by atomic mass is 16.3. The zero-order valence-corrected chi connectivity index (χ0v) is 14.6. The number of aliphatic hydroxyl groups is 1. The SMILES string of the molecule is O=C(c1cn(C2CCCCCC2)nn1)N1CCC[C@H](CCCO)C1. The lowest BCUT2D eigenvalue weighted by molar-refractivity contribution is 0.0657. The second-order valence-electron chi connectivity index (χ2n) is 7.35. The third-order valence-electron chi connectivity index (χ3n) is 5.50. The maximum absolute atomic E-state index is 12.7. The van der Waals surface area contributed by atoms with Crippen molar-refractivity contribution in [2.24, 2.45) is 5.92 Å². The Labute approximate surface area is 144 Å². The van der Waals surface area contributed by atoms with Gasteiger partial charge in [0.15, 0.2) is 5.69 Å². The van der Waals surface area contributed by atoms with E-state index < -0.39 is 0 Å². The molecular formula is C18H30N4O2. The zero-order valence-electron chi connectivity index (χ0n) is 14.6. The minimum absolute atomic E-state index is 0.0172. The standard InChI is InChI=1S/C18H30N4O2/c23-12-6-8-15-7-5-11-21(13-15)18(24)17-14-22(20-19-17)16-9-3-1-2-4-10-16/h14-16,23H,1-13H2/t15-/m1/s1. The lowest BCUT2D eigenvalue weighted by Crippen LogP contribution is -2.40. The fourth-order valence-corrected chi connectivity index (χ4v) is 4.10. The normalized spacial score (nSPS) is 23.2. The minimum Gasteiger partial charge on any atom is -0.396 e. The van der Waals surface area contributed by atoms with E-state index in [0.29, 0.717) is 17.7 Å². The number of hydrogen-bond acceptors (Lipinski definition) is 4. The van der Waals surface area contributed by atoms with Crippen molar-refractivity contribution in [3.8, 4) is 0 Å². The molecule has 6 heteroatoms. The summed E-state index contributed by atoms with van der Waals surface area (Å²) in [6.45, 7) is 1.83. The fourth-order valence-electron chi connectivity index (χ4n) is 4.10. The van der Waals surface area contributed by atoms with Gasteiger partial charge in [-0.15, -0.1) is 5.10 Å². The summed E-state index contributed by atoms with van der Waals surface area (Å²) in [5.41, 5.74) is 0.488. The van der Waals surface area contributed by atoms with Crippen molar-refractivity contribution in [2.75, 3.05) is 19.7 Å². The summed E-state index contributed by atoms with van der Waals surface area (Å²) in [6, 6.07) is 0.403. The average Bonchev–Trinajstić information content (AvgIpc) is 2.95. The third-order valence-corrected chi connectivity index (χ3v) is 5.50. The van der Waals surface area contributed by atoms with E-state index in [-0.39, 0.29) is 12.5 Å². The number of aliphatic hydroxyl groups excluding tert-OH is 1. The number of likely N-dealkylation sites (tertiary alicyclic amines) is 1. The molecule has 1 aromatic heterocycles. The number of hydrogen-bond donors (Lipinski definition) is 1. The van der Waals surface area contributed by atoms with Gasteiger partial charge >= 0.3 is 0 Å². The van der Waals surface area contributed by atoms with Crippen LogP contribution in [0.5, 0.6) is 0 Å². The highest BCUT2D eigenvalue weighted by Gasteiger charge is 2.26. The number of carbonyl (C=O) groups is 1. The van der Waals surface area contributed by atoms with Crippen molar-refractivity contribution in [3.05, 3.63) is 11.9 Å². The van der Waals surface area contributed by atoms with E-state index in [0.717, 1.165) is 51.6 Å². The van der Waals surface area contributed by atoms with Crippen LogP contribution in [0, 0.1) is 5.92 Å². The molecule has 1 saturated carbocycles. The van der Waals surface area contributed by atoms with Gasteiger partial charge in [-0.05, 0) is 44.4 Å². The summed E-state index contributed by atoms with van der Waals surface area (Å²) in [5.74, 6) is 0.523. The minimum atomic E-state index is 0.0172. The van der Waals surface area contributed by atoms with Crippen molar-refractivity contribution in [1.29, 1.82) is 0 Å². The van der Waals surface area contributed by atoms with Gasteiger partial charge in [0, 0.05) is 19.7 Å². The summed E-state index contributed by atoms with van der Waals surface area (Å²) in [6.07, 6.45) is 13.2. The molecule has 1 aliphatic carbocycles. The molecule has 3 rings (SSSR count). The summed E-state index contributed by atoms with van der Waals surface area (Å²) in [7, 11) is 0. The molecule has 2 heterocycles. The maximum Gasteiger partial charge on any atom is 0.276 e. The van der Waals surface area contributed by atoms with Crippen LogP contribution in [0.2, 0.25) is 0 Å². The van der Waals surface area contributed by atoms with Crippen molar-refractivity contribution in [1.82, 2.24) is 19.9 Å². The summed E-state index contributed by atoms with van der Waals surface area (Å²) in [4.78, 5) is 14.7. The lowest BCUT2D eigenvalue weighted by Gasteiger charge is -2.32.